The minimum Gasteiger partial charge on any atom is -0.508 e. The Bertz CT molecular complexity index is 515. The molecule has 0 saturated heterocycles. The molecule has 0 aliphatic carbocycles. The van der Waals surface area contributed by atoms with Gasteiger partial charge in [-0.1, -0.05) is 12.1 Å². The summed E-state index contributed by atoms with van der Waals surface area (Å²) >= 11 is 0. The van der Waals surface area contributed by atoms with Crippen molar-refractivity contribution in [1.29, 1.82) is 0 Å². The van der Waals surface area contributed by atoms with Crippen molar-refractivity contribution in [2.45, 2.75) is 12.5 Å². The lowest BCUT2D eigenvalue weighted by Crippen LogP contribution is -2.49. The van der Waals surface area contributed by atoms with Crippen LogP contribution < -0.4 is 16.4 Å². The molecule has 0 bridgehead atoms. The molecule has 0 radical (unpaired) electrons. The number of carbonyl (C=O) groups is 3. The maximum absolute atomic E-state index is 11.9. The highest BCUT2D eigenvalue weighted by Crippen LogP contribution is 2.11. The molecule has 2 amide bonds. The van der Waals surface area contributed by atoms with Crippen molar-refractivity contribution in [2.75, 3.05) is 13.1 Å². The first-order chi connectivity index (χ1) is 9.88. The van der Waals surface area contributed by atoms with E-state index < -0.39 is 30.4 Å². The van der Waals surface area contributed by atoms with Crippen LogP contribution in [0.3, 0.4) is 0 Å². The number of aliphatic carboxylic acids is 1. The zero-order chi connectivity index (χ0) is 15.8. The summed E-state index contributed by atoms with van der Waals surface area (Å²) in [6, 6.07) is 5.33. The minimum atomic E-state index is -1.10. The quantitative estimate of drug-likeness (QED) is 0.398. The van der Waals surface area contributed by atoms with Crippen molar-refractivity contribution < 1.29 is 24.6 Å². The third-order valence-electron chi connectivity index (χ3n) is 2.63. The van der Waals surface area contributed by atoms with Crippen LogP contribution in [0.25, 0.3) is 0 Å². The molecule has 1 rings (SSSR count). The molecule has 0 heterocycles. The third-order valence-corrected chi connectivity index (χ3v) is 2.63. The smallest absolute Gasteiger partial charge is 0.317 e. The first-order valence-electron chi connectivity index (χ1n) is 6.17. The third kappa shape index (κ3) is 6.39. The first kappa shape index (κ1) is 16.4. The predicted octanol–water partition coefficient (Wildman–Crippen LogP) is -1.42. The highest BCUT2D eigenvalue weighted by molar-refractivity contribution is 5.87. The van der Waals surface area contributed by atoms with Crippen LogP contribution in [0.5, 0.6) is 5.75 Å². The van der Waals surface area contributed by atoms with Gasteiger partial charge in [-0.2, -0.15) is 0 Å². The Labute approximate surface area is 120 Å². The number of phenols is 1. The van der Waals surface area contributed by atoms with E-state index in [1.165, 1.54) is 12.1 Å². The van der Waals surface area contributed by atoms with Gasteiger partial charge in [0, 0.05) is 0 Å². The number of carboxylic acids is 1. The number of primary amides is 1. The van der Waals surface area contributed by atoms with Crippen LogP contribution in [-0.2, 0) is 20.8 Å². The molecule has 1 atom stereocenters. The number of nitrogens with one attached hydrogen (secondary N) is 2. The second kappa shape index (κ2) is 7.85. The Balaban J connectivity index is 2.70. The molecule has 0 aliphatic heterocycles. The lowest BCUT2D eigenvalue weighted by atomic mass is 10.0. The van der Waals surface area contributed by atoms with Crippen molar-refractivity contribution in [2.24, 2.45) is 5.73 Å². The van der Waals surface area contributed by atoms with Gasteiger partial charge in [-0.15, -0.1) is 0 Å². The molecule has 114 valence electrons. The molecule has 21 heavy (non-hydrogen) atoms. The molecule has 8 heteroatoms. The highest BCUT2D eigenvalue weighted by atomic mass is 16.4. The largest absolute Gasteiger partial charge is 0.508 e. The fourth-order valence-corrected chi connectivity index (χ4v) is 1.63. The zero-order valence-corrected chi connectivity index (χ0v) is 11.2. The molecular weight excluding hydrogens is 278 g/mol. The zero-order valence-electron chi connectivity index (χ0n) is 11.2. The van der Waals surface area contributed by atoms with Gasteiger partial charge in [-0.25, -0.2) is 0 Å². The monoisotopic (exact) mass is 295 g/mol. The molecule has 6 N–H and O–H groups in total. The molecule has 0 unspecified atom stereocenters. The van der Waals surface area contributed by atoms with Crippen LogP contribution in [0, 0.1) is 0 Å². The molecule has 1 aromatic rings. The average molecular weight is 295 g/mol. The molecule has 0 saturated carbocycles. The molecule has 8 nitrogen and oxygen atoms in total. The van der Waals surface area contributed by atoms with E-state index in [0.29, 0.717) is 0 Å². The van der Waals surface area contributed by atoms with Crippen LogP contribution in [0.2, 0.25) is 0 Å². The van der Waals surface area contributed by atoms with Gasteiger partial charge in [-0.3, -0.25) is 19.7 Å². The number of benzene rings is 1. The van der Waals surface area contributed by atoms with E-state index in [-0.39, 0.29) is 18.7 Å². The number of hydrogen-bond acceptors (Lipinski definition) is 5. The Morgan fingerprint density at radius 3 is 2.29 bits per heavy atom. The number of aromatic hydroxyl groups is 1. The molecule has 0 fully saturated rings. The van der Waals surface area contributed by atoms with Crippen molar-refractivity contribution in [3.05, 3.63) is 29.8 Å². The van der Waals surface area contributed by atoms with Gasteiger partial charge in [0.2, 0.25) is 11.8 Å². The normalized spacial score (nSPS) is 11.6. The number of phenolic OH excluding ortho intramolecular Hbond substituents is 1. The van der Waals surface area contributed by atoms with E-state index in [0.717, 1.165) is 5.56 Å². The molecular formula is C13H17N3O5. The number of rotatable bonds is 8. The Hall–Kier alpha value is -2.61. The average Bonchev–Trinajstić information content (AvgIpc) is 2.42. The maximum Gasteiger partial charge on any atom is 0.317 e. The molecule has 0 aromatic heterocycles. The number of carboxylic acid groups (broad SMARTS) is 1. The van der Waals surface area contributed by atoms with E-state index in [1.54, 1.807) is 12.1 Å². The van der Waals surface area contributed by atoms with Gasteiger partial charge in [0.25, 0.3) is 0 Å². The minimum absolute atomic E-state index is 0.0898. The predicted molar refractivity (Wildman–Crippen MR) is 73.4 cm³/mol. The molecule has 0 aliphatic rings. The number of amides is 2. The van der Waals surface area contributed by atoms with Gasteiger partial charge in [-0.05, 0) is 24.1 Å². The first-order valence-corrected chi connectivity index (χ1v) is 6.17. The Kier molecular flexibility index (Phi) is 6.15. The van der Waals surface area contributed by atoms with Gasteiger partial charge in [0.15, 0.2) is 0 Å². The number of carbonyl (C=O) groups excluding carboxylic acids is 2. The van der Waals surface area contributed by atoms with Crippen LogP contribution in [0.1, 0.15) is 5.56 Å². The van der Waals surface area contributed by atoms with Crippen molar-refractivity contribution >= 4 is 17.8 Å². The van der Waals surface area contributed by atoms with Crippen molar-refractivity contribution in [1.82, 2.24) is 10.6 Å². The van der Waals surface area contributed by atoms with Gasteiger partial charge < -0.3 is 21.3 Å². The summed E-state index contributed by atoms with van der Waals surface area (Å²) < 4.78 is 0. The van der Waals surface area contributed by atoms with Gasteiger partial charge in [0.05, 0.1) is 19.1 Å². The van der Waals surface area contributed by atoms with Crippen LogP contribution in [0.15, 0.2) is 24.3 Å². The SMILES string of the molecule is NC(=O)CNC(=O)[C@H](Cc1ccc(O)cc1)NCC(=O)O. The molecule has 1 aromatic carbocycles. The van der Waals surface area contributed by atoms with Crippen LogP contribution in [0.4, 0.5) is 0 Å². The lowest BCUT2D eigenvalue weighted by Gasteiger charge is -2.17. The van der Waals surface area contributed by atoms with E-state index in [2.05, 4.69) is 10.6 Å². The van der Waals surface area contributed by atoms with Crippen molar-refractivity contribution in [3.63, 3.8) is 0 Å². The fraction of sp³-hybridized carbons (Fsp3) is 0.308. The number of nitrogens with two attached hydrogens (primary N) is 1. The second-order valence-electron chi connectivity index (χ2n) is 4.38. The summed E-state index contributed by atoms with van der Waals surface area (Å²) in [5, 5.41) is 22.8. The van der Waals surface area contributed by atoms with Crippen LogP contribution >= 0.6 is 0 Å². The summed E-state index contributed by atoms with van der Waals surface area (Å²) in [6.07, 6.45) is 0.207. The number of hydrogen-bond donors (Lipinski definition) is 5. The lowest BCUT2D eigenvalue weighted by molar-refractivity contribution is -0.136. The topological polar surface area (TPSA) is 142 Å². The molecule has 0 spiro atoms. The van der Waals surface area contributed by atoms with E-state index in [9.17, 15) is 19.5 Å². The summed E-state index contributed by atoms with van der Waals surface area (Å²) in [7, 11) is 0. The van der Waals surface area contributed by atoms with E-state index in [1.807, 2.05) is 0 Å². The van der Waals surface area contributed by atoms with Crippen molar-refractivity contribution in [3.8, 4) is 5.75 Å². The fourth-order valence-electron chi connectivity index (χ4n) is 1.63. The summed E-state index contributed by atoms with van der Waals surface area (Å²) in [6.45, 7) is -0.716. The van der Waals surface area contributed by atoms with E-state index >= 15 is 0 Å². The second-order valence-corrected chi connectivity index (χ2v) is 4.38. The van der Waals surface area contributed by atoms with Gasteiger partial charge >= 0.3 is 5.97 Å². The highest BCUT2D eigenvalue weighted by Gasteiger charge is 2.19. The summed E-state index contributed by atoms with van der Waals surface area (Å²) in [4.78, 5) is 33.1. The summed E-state index contributed by atoms with van der Waals surface area (Å²) in [5.74, 6) is -2.23. The van der Waals surface area contributed by atoms with Crippen LogP contribution in [-0.4, -0.2) is 47.1 Å². The van der Waals surface area contributed by atoms with E-state index in [4.69, 9.17) is 10.8 Å². The Morgan fingerprint density at radius 1 is 1.14 bits per heavy atom. The van der Waals surface area contributed by atoms with Gasteiger partial charge in [0.1, 0.15) is 5.75 Å². The standard InChI is InChI=1S/C13H17N3O5/c14-11(18)6-16-13(21)10(15-7-12(19)20)5-8-1-3-9(17)4-2-8/h1-4,10,15,17H,5-7H2,(H2,14,18)(H,16,21)(H,19,20)/t10-/m0/s1. The Morgan fingerprint density at radius 2 is 1.76 bits per heavy atom. The summed E-state index contributed by atoms with van der Waals surface area (Å²) in [5.41, 5.74) is 5.66. The maximum atomic E-state index is 11.9.